The molecule has 0 saturated carbocycles. The highest BCUT2D eigenvalue weighted by atomic mass is 31.2. The molecule has 0 N–H and O–H groups in total. The minimum atomic E-state index is -1.36. The summed E-state index contributed by atoms with van der Waals surface area (Å²) in [5.41, 5.74) is 3.08. The molecule has 222 valence electrons. The van der Waals surface area contributed by atoms with Crippen LogP contribution in [0.5, 0.6) is 23.0 Å². The lowest BCUT2D eigenvalue weighted by Crippen LogP contribution is -2.07. The van der Waals surface area contributed by atoms with Crippen molar-refractivity contribution in [3.63, 3.8) is 0 Å². The van der Waals surface area contributed by atoms with Crippen molar-refractivity contribution in [2.75, 3.05) is 14.2 Å². The second kappa shape index (κ2) is 13.2. The van der Waals surface area contributed by atoms with Crippen molar-refractivity contribution in [3.8, 4) is 34.1 Å². The lowest BCUT2D eigenvalue weighted by molar-refractivity contribution is 0.413. The zero-order chi connectivity index (χ0) is 30.5. The van der Waals surface area contributed by atoms with Crippen LogP contribution >= 0.6 is 16.9 Å². The van der Waals surface area contributed by atoms with Crippen LogP contribution in [0.15, 0.2) is 136 Å². The Labute approximate surface area is 259 Å². The summed E-state index contributed by atoms with van der Waals surface area (Å²) in [4.78, 5) is 0. The third-order valence-electron chi connectivity index (χ3n) is 6.87. The number of benzene rings is 2. The van der Waals surface area contributed by atoms with Gasteiger partial charge in [-0.2, -0.15) is 0 Å². The Bertz CT molecular complexity index is 1630. The van der Waals surface area contributed by atoms with Crippen LogP contribution in [0.3, 0.4) is 0 Å². The van der Waals surface area contributed by atoms with Gasteiger partial charge in [0.2, 0.25) is 0 Å². The molecule has 6 rings (SSSR count). The topological polar surface area (TPSA) is 56.6 Å². The van der Waals surface area contributed by atoms with Gasteiger partial charge in [0.25, 0.3) is 0 Å². The van der Waals surface area contributed by atoms with E-state index in [-0.39, 0.29) is 0 Å². The van der Waals surface area contributed by atoms with Gasteiger partial charge in [-0.15, -0.1) is 0 Å². The van der Waals surface area contributed by atoms with Gasteiger partial charge in [0.1, 0.15) is 23.0 Å². The average Bonchev–Trinajstić information content (AvgIpc) is 3.90. The lowest BCUT2D eigenvalue weighted by Gasteiger charge is -2.26. The number of ether oxygens (including phenoxy) is 2. The fraction of sp³-hybridized carbons (Fsp3) is 0.0588. The first-order chi connectivity index (χ1) is 21.6. The van der Waals surface area contributed by atoms with Gasteiger partial charge in [-0.05, 0) is 72.8 Å². The Hall–Kier alpha value is -4.90. The number of methoxy groups -OCH3 is 2. The molecule has 0 spiro atoms. The van der Waals surface area contributed by atoms with Crippen LogP contribution < -0.4 is 18.5 Å². The molecule has 10 heteroatoms. The van der Waals surface area contributed by atoms with Crippen LogP contribution in [0.1, 0.15) is 11.1 Å². The molecule has 44 heavy (non-hydrogen) atoms. The standard InChI is InChI=1S/C34H32N4O4P2/c1-5-27-23-29(39-3)25-31(33(27)41-43(35-15-7-8-16-35)36-17-9-10-18-36)32-26-30(40-4)24-28(6-2)34(32)42-44(37-19-11-12-20-37)38-21-13-14-22-38/h5-26H,1-2H2,3-4H3. The Morgan fingerprint density at radius 1 is 0.500 bits per heavy atom. The van der Waals surface area contributed by atoms with Crippen LogP contribution in [0.2, 0.25) is 0 Å². The predicted octanol–water partition coefficient (Wildman–Crippen LogP) is 9.27. The third-order valence-corrected chi connectivity index (χ3v) is 10.2. The Morgan fingerprint density at radius 3 is 1.05 bits per heavy atom. The van der Waals surface area contributed by atoms with Gasteiger partial charge in [0, 0.05) is 71.8 Å². The minimum Gasteiger partial charge on any atom is -0.497 e. The highest BCUT2D eigenvalue weighted by Gasteiger charge is 2.27. The van der Waals surface area contributed by atoms with Gasteiger partial charge < -0.3 is 18.5 Å². The van der Waals surface area contributed by atoms with Crippen LogP contribution in [0.4, 0.5) is 0 Å². The Balaban J connectivity index is 1.58. The number of hydrogen-bond donors (Lipinski definition) is 0. The van der Waals surface area contributed by atoms with E-state index in [0.29, 0.717) is 23.0 Å². The molecule has 8 nitrogen and oxygen atoms in total. The smallest absolute Gasteiger partial charge is 0.317 e. The first kappa shape index (κ1) is 29.2. The van der Waals surface area contributed by atoms with Gasteiger partial charge in [-0.3, -0.25) is 17.4 Å². The number of aromatic nitrogens is 4. The van der Waals surface area contributed by atoms with Crippen molar-refractivity contribution >= 4 is 29.1 Å². The molecule has 0 unspecified atom stereocenters. The van der Waals surface area contributed by atoms with E-state index >= 15 is 0 Å². The zero-order valence-corrected chi connectivity index (χ0v) is 26.2. The number of nitrogens with zero attached hydrogens (tertiary/aromatic N) is 4. The van der Waals surface area contributed by atoms with E-state index in [0.717, 1.165) is 22.3 Å². The molecule has 0 aliphatic heterocycles. The maximum atomic E-state index is 7.00. The molecule has 0 saturated heterocycles. The van der Waals surface area contributed by atoms with Crippen molar-refractivity contribution in [1.82, 2.24) is 17.4 Å². The molecule has 4 aromatic heterocycles. The van der Waals surface area contributed by atoms with Crippen LogP contribution in [0.25, 0.3) is 23.3 Å². The van der Waals surface area contributed by atoms with E-state index < -0.39 is 16.9 Å². The van der Waals surface area contributed by atoms with Crippen LogP contribution in [-0.4, -0.2) is 31.6 Å². The first-order valence-electron chi connectivity index (χ1n) is 13.8. The van der Waals surface area contributed by atoms with E-state index in [1.54, 1.807) is 26.4 Å². The molecule has 0 radical (unpaired) electrons. The van der Waals surface area contributed by atoms with Crippen molar-refractivity contribution in [2.24, 2.45) is 0 Å². The van der Waals surface area contributed by atoms with Gasteiger partial charge in [0.15, 0.2) is 0 Å². The van der Waals surface area contributed by atoms with Crippen molar-refractivity contribution < 1.29 is 18.5 Å². The zero-order valence-electron chi connectivity index (χ0n) is 24.4. The maximum absolute atomic E-state index is 7.00. The molecule has 0 fully saturated rings. The summed E-state index contributed by atoms with van der Waals surface area (Å²) in [6, 6.07) is 23.7. The van der Waals surface area contributed by atoms with Crippen molar-refractivity contribution in [2.45, 2.75) is 0 Å². The fourth-order valence-corrected chi connectivity index (χ4v) is 7.86. The van der Waals surface area contributed by atoms with E-state index in [2.05, 4.69) is 30.5 Å². The molecule has 0 atom stereocenters. The SMILES string of the molecule is C=Cc1cc(OC)cc(-c2cc(OC)cc(C=C)c2OP(n2cccc2)n2cccc2)c1OP(n1cccc1)n1cccc1. The van der Waals surface area contributed by atoms with E-state index in [9.17, 15) is 0 Å². The minimum absolute atomic E-state index is 0.633. The van der Waals surface area contributed by atoms with Crippen molar-refractivity contribution in [3.05, 3.63) is 147 Å². The summed E-state index contributed by atoms with van der Waals surface area (Å²) in [6.45, 7) is 8.25. The van der Waals surface area contributed by atoms with E-state index in [1.165, 1.54) is 0 Å². The summed E-state index contributed by atoms with van der Waals surface area (Å²) in [6.07, 6.45) is 19.6. The highest BCUT2D eigenvalue weighted by Crippen LogP contribution is 2.53. The van der Waals surface area contributed by atoms with Crippen molar-refractivity contribution in [1.29, 1.82) is 0 Å². The molecular weight excluding hydrogens is 590 g/mol. The lowest BCUT2D eigenvalue weighted by atomic mass is 9.97. The van der Waals surface area contributed by atoms with Gasteiger partial charge in [0.05, 0.1) is 14.2 Å². The average molecular weight is 623 g/mol. The molecule has 0 amide bonds. The molecule has 0 bridgehead atoms. The summed E-state index contributed by atoms with van der Waals surface area (Å²) >= 11 is 0. The Kier molecular flexibility index (Phi) is 8.74. The largest absolute Gasteiger partial charge is 0.497 e. The number of rotatable bonds is 13. The van der Waals surface area contributed by atoms with E-state index in [1.807, 2.05) is 122 Å². The number of hydrogen-bond acceptors (Lipinski definition) is 4. The summed E-state index contributed by atoms with van der Waals surface area (Å²) in [5, 5.41) is 0. The second-order valence-electron chi connectivity index (χ2n) is 9.54. The second-order valence-corrected chi connectivity index (χ2v) is 12.8. The molecule has 2 aromatic carbocycles. The highest BCUT2D eigenvalue weighted by molar-refractivity contribution is 7.50. The molecule has 4 heterocycles. The van der Waals surface area contributed by atoms with E-state index in [4.69, 9.17) is 18.5 Å². The molecule has 0 aliphatic carbocycles. The molecule has 6 aromatic rings. The fourth-order valence-electron chi connectivity index (χ4n) is 4.74. The van der Waals surface area contributed by atoms with Crippen LogP contribution in [0, 0.1) is 0 Å². The predicted molar refractivity (Wildman–Crippen MR) is 180 cm³/mol. The molecular formula is C34H32N4O4P2. The first-order valence-corrected chi connectivity index (χ1v) is 16.1. The quantitative estimate of drug-likeness (QED) is 0.121. The van der Waals surface area contributed by atoms with Crippen LogP contribution in [-0.2, 0) is 0 Å². The summed E-state index contributed by atoms with van der Waals surface area (Å²) in [7, 11) is 0.584. The van der Waals surface area contributed by atoms with Gasteiger partial charge in [-0.1, -0.05) is 25.3 Å². The Morgan fingerprint density at radius 2 is 0.795 bits per heavy atom. The van der Waals surface area contributed by atoms with Gasteiger partial charge >= 0.3 is 16.9 Å². The summed E-state index contributed by atoms with van der Waals surface area (Å²) in [5.74, 6) is 2.57. The summed E-state index contributed by atoms with van der Waals surface area (Å²) < 4.78 is 33.8. The monoisotopic (exact) mass is 622 g/mol. The van der Waals surface area contributed by atoms with Gasteiger partial charge in [-0.25, -0.2) is 0 Å². The normalized spacial score (nSPS) is 11.1. The maximum Gasteiger partial charge on any atom is 0.317 e. The third kappa shape index (κ3) is 5.83. The molecule has 0 aliphatic rings.